The number of fused-ring (bicyclic) bond motifs is 7. The van der Waals surface area contributed by atoms with Crippen LogP contribution in [0.15, 0.2) is 77.3 Å². The predicted octanol–water partition coefficient (Wildman–Crippen LogP) is 10.1. The van der Waals surface area contributed by atoms with Crippen LogP contribution in [0.2, 0.25) is 5.02 Å². The molecular formula is C28H12BrClFI. The summed E-state index contributed by atoms with van der Waals surface area (Å²) in [6, 6.07) is 24.4. The molecule has 1 aliphatic rings. The van der Waals surface area contributed by atoms with Crippen molar-refractivity contribution in [2.75, 3.05) is 0 Å². The summed E-state index contributed by atoms with van der Waals surface area (Å²) in [7, 11) is 0. The fourth-order valence-corrected chi connectivity index (χ4v) is 6.98. The van der Waals surface area contributed by atoms with Crippen molar-refractivity contribution in [1.29, 1.82) is 0 Å². The smallest absolute Gasteiger partial charge is 0.131 e. The maximum atomic E-state index is 14.6. The van der Waals surface area contributed by atoms with E-state index < -0.39 is 0 Å². The molecule has 0 amide bonds. The van der Waals surface area contributed by atoms with Crippen molar-refractivity contribution in [3.63, 3.8) is 0 Å². The van der Waals surface area contributed by atoms with Crippen LogP contribution in [0, 0.1) is 9.39 Å². The molecule has 0 bridgehead atoms. The number of hydrogen-bond donors (Lipinski definition) is 0. The van der Waals surface area contributed by atoms with Crippen molar-refractivity contribution in [2.45, 2.75) is 0 Å². The molecule has 0 N–H and O–H groups in total. The first-order chi connectivity index (χ1) is 15.5. The Morgan fingerprint density at radius 3 is 2.25 bits per heavy atom. The van der Waals surface area contributed by atoms with Gasteiger partial charge in [-0.15, -0.1) is 0 Å². The van der Waals surface area contributed by atoms with E-state index in [0.29, 0.717) is 10.4 Å². The second kappa shape index (κ2) is 6.66. The molecule has 0 nitrogen and oxygen atoms in total. The minimum Gasteiger partial charge on any atom is -0.206 e. The van der Waals surface area contributed by atoms with E-state index in [1.807, 2.05) is 12.1 Å². The summed E-state index contributed by atoms with van der Waals surface area (Å²) in [5.41, 5.74) is 4.73. The summed E-state index contributed by atoms with van der Waals surface area (Å²) in [6.07, 6.45) is 0. The van der Waals surface area contributed by atoms with Crippen LogP contribution in [0.4, 0.5) is 4.39 Å². The summed E-state index contributed by atoms with van der Waals surface area (Å²) < 4.78 is 16.8. The van der Waals surface area contributed by atoms with Gasteiger partial charge in [-0.05, 0) is 112 Å². The van der Waals surface area contributed by atoms with Gasteiger partial charge in [0, 0.05) is 29.8 Å². The Labute approximate surface area is 210 Å². The maximum Gasteiger partial charge on any atom is 0.131 e. The molecule has 0 saturated heterocycles. The van der Waals surface area contributed by atoms with Gasteiger partial charge in [0.15, 0.2) is 0 Å². The predicted molar refractivity (Wildman–Crippen MR) is 146 cm³/mol. The van der Waals surface area contributed by atoms with Gasteiger partial charge in [0.1, 0.15) is 5.82 Å². The molecule has 1 aliphatic carbocycles. The van der Waals surface area contributed by atoms with Gasteiger partial charge in [-0.1, -0.05) is 54.1 Å². The zero-order chi connectivity index (χ0) is 21.7. The van der Waals surface area contributed by atoms with Crippen LogP contribution in [-0.2, 0) is 0 Å². The minimum absolute atomic E-state index is 0.259. The molecular weight excluding hydrogens is 598 g/mol. The number of hydrogen-bond acceptors (Lipinski definition) is 0. The van der Waals surface area contributed by atoms with Gasteiger partial charge in [-0.3, -0.25) is 0 Å². The second-order valence-corrected chi connectivity index (χ2v) is 10.6. The third-order valence-electron chi connectivity index (χ3n) is 6.64. The van der Waals surface area contributed by atoms with Gasteiger partial charge in [0.2, 0.25) is 0 Å². The highest BCUT2D eigenvalue weighted by Crippen LogP contribution is 2.55. The Hall–Kier alpha value is -2.21. The minimum atomic E-state index is -0.259. The van der Waals surface area contributed by atoms with Crippen molar-refractivity contribution >= 4 is 93.2 Å². The average molecular weight is 610 g/mol. The zero-order valence-corrected chi connectivity index (χ0v) is 20.9. The maximum absolute atomic E-state index is 14.6. The third kappa shape index (κ3) is 2.37. The monoisotopic (exact) mass is 608 g/mol. The van der Waals surface area contributed by atoms with E-state index in [1.165, 1.54) is 42.3 Å². The summed E-state index contributed by atoms with van der Waals surface area (Å²) in [5.74, 6) is -0.259. The van der Waals surface area contributed by atoms with Crippen LogP contribution in [0.3, 0.4) is 0 Å². The van der Waals surface area contributed by atoms with Gasteiger partial charge in [0.25, 0.3) is 0 Å². The molecule has 0 heterocycles. The highest BCUT2D eigenvalue weighted by molar-refractivity contribution is 14.1. The van der Waals surface area contributed by atoms with Crippen LogP contribution in [0.1, 0.15) is 0 Å². The Kier molecular flexibility index (Phi) is 4.01. The van der Waals surface area contributed by atoms with E-state index in [1.54, 1.807) is 6.07 Å². The Morgan fingerprint density at radius 2 is 1.38 bits per heavy atom. The number of halogens is 4. The van der Waals surface area contributed by atoms with E-state index in [4.69, 9.17) is 11.6 Å². The highest BCUT2D eigenvalue weighted by Gasteiger charge is 2.27. The Bertz CT molecular complexity index is 1820. The van der Waals surface area contributed by atoms with E-state index in [2.05, 4.69) is 87.1 Å². The van der Waals surface area contributed by atoms with Crippen LogP contribution in [0.25, 0.3) is 65.3 Å². The van der Waals surface area contributed by atoms with Crippen molar-refractivity contribution in [3.8, 4) is 22.3 Å². The van der Waals surface area contributed by atoms with E-state index in [-0.39, 0.29) is 5.82 Å². The molecule has 0 saturated carbocycles. The van der Waals surface area contributed by atoms with Gasteiger partial charge in [-0.2, -0.15) is 0 Å². The normalized spacial score (nSPS) is 12.4. The van der Waals surface area contributed by atoms with Gasteiger partial charge < -0.3 is 0 Å². The number of rotatable bonds is 0. The molecule has 0 spiro atoms. The highest BCUT2D eigenvalue weighted by atomic mass is 127. The molecule has 152 valence electrons. The van der Waals surface area contributed by atoms with E-state index in [9.17, 15) is 4.39 Å². The summed E-state index contributed by atoms with van der Waals surface area (Å²) in [4.78, 5) is 0. The number of benzene rings is 6. The molecule has 0 radical (unpaired) electrons. The lowest BCUT2D eigenvalue weighted by molar-refractivity contribution is 0.640. The summed E-state index contributed by atoms with van der Waals surface area (Å²) >= 11 is 13.2. The average Bonchev–Trinajstić information content (AvgIpc) is 3.11. The molecule has 0 fully saturated rings. The summed E-state index contributed by atoms with van der Waals surface area (Å²) in [6.45, 7) is 0. The molecule has 0 atom stereocenters. The molecule has 7 rings (SSSR count). The van der Waals surface area contributed by atoms with Gasteiger partial charge >= 0.3 is 0 Å². The van der Waals surface area contributed by atoms with Crippen molar-refractivity contribution < 1.29 is 4.39 Å². The summed E-state index contributed by atoms with van der Waals surface area (Å²) in [5, 5.41) is 8.75. The first kappa shape index (κ1) is 19.3. The van der Waals surface area contributed by atoms with Crippen LogP contribution < -0.4 is 0 Å². The molecule has 32 heavy (non-hydrogen) atoms. The van der Waals surface area contributed by atoms with E-state index >= 15 is 0 Å². The van der Waals surface area contributed by atoms with Crippen LogP contribution >= 0.6 is 50.1 Å². The van der Waals surface area contributed by atoms with Crippen molar-refractivity contribution in [1.82, 2.24) is 0 Å². The fourth-order valence-electron chi connectivity index (χ4n) is 5.25. The quantitative estimate of drug-likeness (QED) is 0.0912. The standard InChI is InChI=1S/C28H12BrClFI/c29-27-21-10-17-15(6-2-8-23(17)31)28(30)22(21)12-20-19-11-18-13(4-3-9-24(18)32)14-5-1-7-16(25(14)19)26(20)27/h1-12H. The lowest BCUT2D eigenvalue weighted by atomic mass is 9.95. The molecule has 6 aromatic carbocycles. The topological polar surface area (TPSA) is 0 Å². The second-order valence-electron chi connectivity index (χ2n) is 8.22. The molecule has 6 aromatic rings. The Balaban J connectivity index is 1.71. The molecule has 0 unspecified atom stereocenters. The van der Waals surface area contributed by atoms with Gasteiger partial charge in [0.05, 0.1) is 5.02 Å². The largest absolute Gasteiger partial charge is 0.206 e. The van der Waals surface area contributed by atoms with Crippen LogP contribution in [0.5, 0.6) is 0 Å². The van der Waals surface area contributed by atoms with Crippen molar-refractivity contribution in [2.24, 2.45) is 0 Å². The molecule has 0 aliphatic heterocycles. The first-order valence-electron chi connectivity index (χ1n) is 10.2. The lowest BCUT2D eigenvalue weighted by Gasteiger charge is -2.13. The fraction of sp³-hybridized carbons (Fsp3) is 0. The van der Waals surface area contributed by atoms with Crippen molar-refractivity contribution in [3.05, 3.63) is 91.7 Å². The third-order valence-corrected chi connectivity index (χ3v) is 8.82. The van der Waals surface area contributed by atoms with Crippen LogP contribution in [-0.4, -0.2) is 0 Å². The first-order valence-corrected chi connectivity index (χ1v) is 12.5. The SMILES string of the molecule is Fc1cccc2c(Cl)c3cc4c(c(Br)c3cc12)-c1cccc2c1c-4cc1c(I)cccc12. The Morgan fingerprint density at radius 1 is 0.656 bits per heavy atom. The molecule has 0 aromatic heterocycles. The lowest BCUT2D eigenvalue weighted by Crippen LogP contribution is -1.88. The molecule has 4 heteroatoms. The van der Waals surface area contributed by atoms with Gasteiger partial charge in [-0.25, -0.2) is 4.39 Å². The van der Waals surface area contributed by atoms with E-state index in [0.717, 1.165) is 31.8 Å². The zero-order valence-electron chi connectivity index (χ0n) is 16.4.